The predicted octanol–water partition coefficient (Wildman–Crippen LogP) is 5.95. The Morgan fingerprint density at radius 3 is 1.34 bits per heavy atom. The lowest BCUT2D eigenvalue weighted by Crippen LogP contribution is -2.17. The Bertz CT molecular complexity index is 1490. The molecule has 0 fully saturated rings. The molecule has 0 saturated carbocycles. The summed E-state index contributed by atoms with van der Waals surface area (Å²) in [5, 5.41) is 26.7. The second-order valence-corrected chi connectivity index (χ2v) is 7.84. The van der Waals surface area contributed by atoms with Crippen LogP contribution in [0.15, 0.2) is 84.9 Å². The van der Waals surface area contributed by atoms with Crippen LogP contribution < -0.4 is 10.6 Å². The first kappa shape index (κ1) is 25.6. The van der Waals surface area contributed by atoms with E-state index in [0.717, 1.165) is 36.4 Å². The lowest BCUT2D eigenvalue weighted by Gasteiger charge is -2.14. The number of benzene rings is 4. The van der Waals surface area contributed by atoms with Crippen LogP contribution in [0.1, 0.15) is 20.7 Å². The molecule has 38 heavy (non-hydrogen) atoms. The Morgan fingerprint density at radius 2 is 0.974 bits per heavy atom. The number of nitrogens with zero attached hydrogens (tertiary/aromatic N) is 2. The quantitative estimate of drug-likeness (QED) is 0.228. The standard InChI is InChI=1S/C26H16F2N4O6/c27-21-11-9-15(31(35)36)13-23(21)29-25(33)19-7-3-1-5-17(19)18-6-2-4-8-20(18)26(34)30-24-14-16(32(37)38)10-12-22(24)28/h1-14H,(H,29,33)(H,30,34). The van der Waals surface area contributed by atoms with Crippen molar-refractivity contribution in [3.8, 4) is 11.1 Å². The largest absolute Gasteiger partial charge is 0.319 e. The van der Waals surface area contributed by atoms with Gasteiger partial charge < -0.3 is 10.6 Å². The van der Waals surface area contributed by atoms with Gasteiger partial charge in [-0.1, -0.05) is 36.4 Å². The second kappa shape index (κ2) is 10.6. The van der Waals surface area contributed by atoms with E-state index in [9.17, 15) is 38.6 Å². The highest BCUT2D eigenvalue weighted by Crippen LogP contribution is 2.30. The summed E-state index contributed by atoms with van der Waals surface area (Å²) in [6, 6.07) is 17.5. The zero-order valence-electron chi connectivity index (χ0n) is 19.2. The fraction of sp³-hybridized carbons (Fsp3) is 0. The van der Waals surface area contributed by atoms with Gasteiger partial charge >= 0.3 is 0 Å². The molecule has 10 nitrogen and oxygen atoms in total. The minimum atomic E-state index is -0.889. The molecule has 2 N–H and O–H groups in total. The van der Waals surface area contributed by atoms with Crippen molar-refractivity contribution in [2.75, 3.05) is 10.6 Å². The van der Waals surface area contributed by atoms with Crippen LogP contribution >= 0.6 is 0 Å². The Hall–Kier alpha value is -5.52. The number of hydrogen-bond donors (Lipinski definition) is 2. The van der Waals surface area contributed by atoms with Gasteiger partial charge in [-0.3, -0.25) is 29.8 Å². The third-order valence-corrected chi connectivity index (χ3v) is 5.45. The minimum Gasteiger partial charge on any atom is -0.319 e. The first-order chi connectivity index (χ1) is 18.2. The summed E-state index contributed by atoms with van der Waals surface area (Å²) in [5.41, 5.74) is -1.14. The first-order valence-corrected chi connectivity index (χ1v) is 10.8. The summed E-state index contributed by atoms with van der Waals surface area (Å²) < 4.78 is 28.5. The molecule has 0 aliphatic carbocycles. The van der Waals surface area contributed by atoms with Gasteiger partial charge in [-0.25, -0.2) is 8.78 Å². The maximum absolute atomic E-state index is 14.3. The van der Waals surface area contributed by atoms with Crippen molar-refractivity contribution in [2.45, 2.75) is 0 Å². The average molecular weight is 518 g/mol. The van der Waals surface area contributed by atoms with Crippen molar-refractivity contribution in [1.82, 2.24) is 0 Å². The third kappa shape index (κ3) is 5.33. The number of amides is 2. The molecular weight excluding hydrogens is 502 g/mol. The van der Waals surface area contributed by atoms with Gasteiger partial charge in [-0.15, -0.1) is 0 Å². The lowest BCUT2D eigenvalue weighted by atomic mass is 9.94. The summed E-state index contributed by atoms with van der Waals surface area (Å²) in [6.45, 7) is 0. The van der Waals surface area contributed by atoms with Crippen molar-refractivity contribution < 1.29 is 28.2 Å². The minimum absolute atomic E-state index is 0.0141. The highest BCUT2D eigenvalue weighted by molar-refractivity contribution is 6.13. The molecule has 4 rings (SSSR count). The van der Waals surface area contributed by atoms with Crippen molar-refractivity contribution in [3.63, 3.8) is 0 Å². The van der Waals surface area contributed by atoms with Gasteiger partial charge in [-0.2, -0.15) is 0 Å². The summed E-state index contributed by atoms with van der Waals surface area (Å²) in [6.07, 6.45) is 0. The maximum Gasteiger partial charge on any atom is 0.271 e. The third-order valence-electron chi connectivity index (χ3n) is 5.45. The van der Waals surface area contributed by atoms with Crippen molar-refractivity contribution in [1.29, 1.82) is 0 Å². The SMILES string of the molecule is O=C(Nc1cc([N+](=O)[O-])ccc1F)c1ccccc1-c1ccccc1C(=O)Nc1cc([N+](=O)[O-])ccc1F. The van der Waals surface area contributed by atoms with Gasteiger partial charge in [0.2, 0.25) is 0 Å². The Balaban J connectivity index is 1.69. The van der Waals surface area contributed by atoms with E-state index in [1.807, 2.05) is 0 Å². The molecule has 0 unspecified atom stereocenters. The number of carbonyl (C=O) groups excluding carboxylic acids is 2. The molecule has 0 atom stereocenters. The molecule has 0 spiro atoms. The van der Waals surface area contributed by atoms with Crippen LogP contribution in [0.5, 0.6) is 0 Å². The molecular formula is C26H16F2N4O6. The number of halogens is 2. The second-order valence-electron chi connectivity index (χ2n) is 7.84. The Kier molecular flexibility index (Phi) is 7.15. The molecule has 0 saturated heterocycles. The van der Waals surface area contributed by atoms with E-state index in [1.165, 1.54) is 36.4 Å². The molecule has 0 aliphatic rings. The highest BCUT2D eigenvalue weighted by atomic mass is 19.1. The summed E-state index contributed by atoms with van der Waals surface area (Å²) in [7, 11) is 0. The maximum atomic E-state index is 14.3. The van der Waals surface area contributed by atoms with E-state index in [-0.39, 0.29) is 22.3 Å². The van der Waals surface area contributed by atoms with Gasteiger partial charge in [0.05, 0.1) is 21.2 Å². The fourth-order valence-electron chi connectivity index (χ4n) is 3.66. The molecule has 12 heteroatoms. The van der Waals surface area contributed by atoms with Gasteiger partial charge in [-0.05, 0) is 35.4 Å². The first-order valence-electron chi connectivity index (χ1n) is 10.8. The van der Waals surface area contributed by atoms with Gasteiger partial charge in [0, 0.05) is 35.4 Å². The number of nitro benzene ring substituents is 2. The molecule has 4 aromatic carbocycles. The Labute approximate surface area is 212 Å². The Morgan fingerprint density at radius 1 is 0.605 bits per heavy atom. The van der Waals surface area contributed by atoms with Crippen molar-refractivity contribution in [3.05, 3.63) is 128 Å². The summed E-state index contributed by atoms with van der Waals surface area (Å²) >= 11 is 0. The van der Waals surface area contributed by atoms with E-state index in [4.69, 9.17) is 0 Å². The van der Waals surface area contributed by atoms with Crippen LogP contribution in [0.4, 0.5) is 31.5 Å². The van der Waals surface area contributed by atoms with E-state index < -0.39 is 56.0 Å². The van der Waals surface area contributed by atoms with Crippen LogP contribution in [0.25, 0.3) is 11.1 Å². The molecule has 4 aromatic rings. The predicted molar refractivity (Wildman–Crippen MR) is 134 cm³/mol. The smallest absolute Gasteiger partial charge is 0.271 e. The number of carbonyl (C=O) groups is 2. The summed E-state index contributed by atoms with van der Waals surface area (Å²) in [4.78, 5) is 46.8. The van der Waals surface area contributed by atoms with E-state index in [0.29, 0.717) is 0 Å². The van der Waals surface area contributed by atoms with E-state index in [2.05, 4.69) is 10.6 Å². The van der Waals surface area contributed by atoms with Crippen LogP contribution in [0.3, 0.4) is 0 Å². The van der Waals surface area contributed by atoms with Gasteiger partial charge in [0.15, 0.2) is 0 Å². The molecule has 190 valence electrons. The lowest BCUT2D eigenvalue weighted by molar-refractivity contribution is -0.385. The van der Waals surface area contributed by atoms with E-state index >= 15 is 0 Å². The number of non-ortho nitro benzene ring substituents is 2. The van der Waals surface area contributed by atoms with Gasteiger partial charge in [0.25, 0.3) is 23.2 Å². The molecule has 0 bridgehead atoms. The number of rotatable bonds is 7. The number of nitro groups is 2. The van der Waals surface area contributed by atoms with Crippen LogP contribution in [0.2, 0.25) is 0 Å². The zero-order chi connectivity index (χ0) is 27.4. The fourth-order valence-corrected chi connectivity index (χ4v) is 3.66. The number of nitrogens with one attached hydrogen (secondary N) is 2. The van der Waals surface area contributed by atoms with Crippen LogP contribution in [0, 0.1) is 31.9 Å². The molecule has 0 heterocycles. The monoisotopic (exact) mass is 518 g/mol. The average Bonchev–Trinajstić information content (AvgIpc) is 2.90. The normalized spacial score (nSPS) is 10.5. The number of hydrogen-bond acceptors (Lipinski definition) is 6. The molecule has 0 aromatic heterocycles. The zero-order valence-corrected chi connectivity index (χ0v) is 19.2. The topological polar surface area (TPSA) is 144 Å². The molecule has 0 radical (unpaired) electrons. The van der Waals surface area contributed by atoms with Gasteiger partial charge in [0.1, 0.15) is 11.6 Å². The summed E-state index contributed by atoms with van der Waals surface area (Å²) in [5.74, 6) is -3.39. The van der Waals surface area contributed by atoms with E-state index in [1.54, 1.807) is 12.1 Å². The molecule has 0 aliphatic heterocycles. The van der Waals surface area contributed by atoms with Crippen molar-refractivity contribution >= 4 is 34.6 Å². The van der Waals surface area contributed by atoms with Crippen LogP contribution in [-0.4, -0.2) is 21.7 Å². The van der Waals surface area contributed by atoms with Crippen LogP contribution in [-0.2, 0) is 0 Å². The number of anilines is 2. The molecule has 2 amide bonds. The van der Waals surface area contributed by atoms with Crippen molar-refractivity contribution in [2.24, 2.45) is 0 Å². The highest BCUT2D eigenvalue weighted by Gasteiger charge is 2.21.